The number of aryl methyl sites for hydroxylation is 1. The molecule has 0 fully saturated rings. The van der Waals surface area contributed by atoms with Crippen LogP contribution in [0.15, 0.2) is 12.4 Å². The first-order chi connectivity index (χ1) is 8.74. The Hall–Kier alpha value is -0.760. The first-order valence-electron chi connectivity index (χ1n) is 7.68. The standard InChI is InChI=1S/C16H28N2/c1-3-5-7-13(4-2)10-18-11-14-8-6-9-16(17)15(14)12-18/h11-13,16H,3-10,17H2,1-2H3. The summed E-state index contributed by atoms with van der Waals surface area (Å²) in [7, 11) is 0. The summed E-state index contributed by atoms with van der Waals surface area (Å²) < 4.78 is 2.40. The minimum absolute atomic E-state index is 0.283. The van der Waals surface area contributed by atoms with Crippen LogP contribution in [0.1, 0.15) is 69.5 Å². The second-order valence-corrected chi connectivity index (χ2v) is 5.85. The molecule has 0 aliphatic heterocycles. The fourth-order valence-electron chi connectivity index (χ4n) is 3.11. The molecule has 2 atom stereocenters. The Morgan fingerprint density at radius 1 is 1.39 bits per heavy atom. The average Bonchev–Trinajstić information content (AvgIpc) is 2.78. The molecule has 0 saturated carbocycles. The highest BCUT2D eigenvalue weighted by Gasteiger charge is 2.19. The highest BCUT2D eigenvalue weighted by molar-refractivity contribution is 5.29. The summed E-state index contributed by atoms with van der Waals surface area (Å²) >= 11 is 0. The summed E-state index contributed by atoms with van der Waals surface area (Å²) in [5.74, 6) is 0.829. The van der Waals surface area contributed by atoms with Gasteiger partial charge in [0.1, 0.15) is 0 Å². The lowest BCUT2D eigenvalue weighted by atomic mass is 9.92. The van der Waals surface area contributed by atoms with Crippen LogP contribution in [0.3, 0.4) is 0 Å². The van der Waals surface area contributed by atoms with Crippen LogP contribution in [0.2, 0.25) is 0 Å². The summed E-state index contributed by atoms with van der Waals surface area (Å²) in [5.41, 5.74) is 9.10. The van der Waals surface area contributed by atoms with Crippen LogP contribution in [-0.2, 0) is 13.0 Å². The van der Waals surface area contributed by atoms with Gasteiger partial charge in [0.25, 0.3) is 0 Å². The van der Waals surface area contributed by atoms with E-state index in [9.17, 15) is 0 Å². The molecule has 1 aromatic heterocycles. The zero-order valence-corrected chi connectivity index (χ0v) is 12.0. The van der Waals surface area contributed by atoms with Crippen molar-refractivity contribution in [1.29, 1.82) is 0 Å². The number of hydrogen-bond donors (Lipinski definition) is 1. The molecule has 0 aromatic carbocycles. The van der Waals surface area contributed by atoms with Gasteiger partial charge in [-0.25, -0.2) is 0 Å². The Morgan fingerprint density at radius 3 is 2.89 bits per heavy atom. The smallest absolute Gasteiger partial charge is 0.0312 e. The largest absolute Gasteiger partial charge is 0.353 e. The zero-order valence-electron chi connectivity index (χ0n) is 12.0. The maximum Gasteiger partial charge on any atom is 0.0312 e. The fourth-order valence-corrected chi connectivity index (χ4v) is 3.11. The molecule has 2 N–H and O–H groups in total. The van der Waals surface area contributed by atoms with Crippen LogP contribution in [0.25, 0.3) is 0 Å². The summed E-state index contributed by atoms with van der Waals surface area (Å²) in [6.07, 6.45) is 13.6. The minimum atomic E-state index is 0.283. The molecule has 2 nitrogen and oxygen atoms in total. The van der Waals surface area contributed by atoms with Gasteiger partial charge in [0.2, 0.25) is 0 Å². The van der Waals surface area contributed by atoms with Gasteiger partial charge >= 0.3 is 0 Å². The molecule has 0 saturated heterocycles. The number of rotatable bonds is 6. The van der Waals surface area contributed by atoms with E-state index in [2.05, 4.69) is 30.8 Å². The van der Waals surface area contributed by atoms with E-state index >= 15 is 0 Å². The van der Waals surface area contributed by atoms with Gasteiger partial charge in [0, 0.05) is 25.0 Å². The Morgan fingerprint density at radius 2 is 2.22 bits per heavy atom. The maximum absolute atomic E-state index is 6.19. The van der Waals surface area contributed by atoms with Crippen LogP contribution in [0.4, 0.5) is 0 Å². The van der Waals surface area contributed by atoms with Crippen LogP contribution in [0, 0.1) is 5.92 Å². The quantitative estimate of drug-likeness (QED) is 0.809. The minimum Gasteiger partial charge on any atom is -0.353 e. The number of unbranched alkanes of at least 4 members (excludes halogenated alkanes) is 1. The molecule has 2 unspecified atom stereocenters. The van der Waals surface area contributed by atoms with E-state index in [1.165, 1.54) is 56.2 Å². The second kappa shape index (κ2) is 6.42. The van der Waals surface area contributed by atoms with Gasteiger partial charge < -0.3 is 10.3 Å². The van der Waals surface area contributed by atoms with Crippen LogP contribution < -0.4 is 5.73 Å². The summed E-state index contributed by atoms with van der Waals surface area (Å²) in [6.45, 7) is 5.77. The molecule has 18 heavy (non-hydrogen) atoms. The molecular weight excluding hydrogens is 220 g/mol. The topological polar surface area (TPSA) is 30.9 Å². The van der Waals surface area contributed by atoms with Crippen molar-refractivity contribution >= 4 is 0 Å². The highest BCUT2D eigenvalue weighted by Crippen LogP contribution is 2.29. The third-order valence-corrected chi connectivity index (χ3v) is 4.37. The molecule has 1 aliphatic rings. The van der Waals surface area contributed by atoms with E-state index in [1.54, 1.807) is 0 Å². The van der Waals surface area contributed by atoms with Crippen molar-refractivity contribution in [1.82, 2.24) is 4.57 Å². The van der Waals surface area contributed by atoms with Gasteiger partial charge in [-0.05, 0) is 42.7 Å². The third kappa shape index (κ3) is 3.17. The van der Waals surface area contributed by atoms with E-state index in [4.69, 9.17) is 5.73 Å². The van der Waals surface area contributed by atoms with Crippen LogP contribution in [0.5, 0.6) is 0 Å². The number of aromatic nitrogens is 1. The molecular formula is C16H28N2. The fraction of sp³-hybridized carbons (Fsp3) is 0.750. The van der Waals surface area contributed by atoms with Crippen LogP contribution >= 0.6 is 0 Å². The van der Waals surface area contributed by atoms with Gasteiger partial charge in [-0.1, -0.05) is 33.1 Å². The Labute approximate surface area is 112 Å². The second-order valence-electron chi connectivity index (χ2n) is 5.85. The van der Waals surface area contributed by atoms with E-state index in [0.717, 1.165) is 12.3 Å². The third-order valence-electron chi connectivity index (χ3n) is 4.37. The summed E-state index contributed by atoms with van der Waals surface area (Å²) in [4.78, 5) is 0. The molecule has 102 valence electrons. The van der Waals surface area contributed by atoms with Crippen molar-refractivity contribution in [2.45, 2.75) is 71.4 Å². The summed E-state index contributed by atoms with van der Waals surface area (Å²) in [5, 5.41) is 0. The zero-order chi connectivity index (χ0) is 13.0. The highest BCUT2D eigenvalue weighted by atomic mass is 14.9. The lowest BCUT2D eigenvalue weighted by molar-refractivity contribution is 0.391. The molecule has 2 heteroatoms. The Balaban J connectivity index is 2.00. The van der Waals surface area contributed by atoms with Gasteiger partial charge in [-0.15, -0.1) is 0 Å². The monoisotopic (exact) mass is 248 g/mol. The van der Waals surface area contributed by atoms with Crippen LogP contribution in [-0.4, -0.2) is 4.57 Å². The Bertz CT molecular complexity index is 367. The molecule has 2 rings (SSSR count). The normalized spacial score (nSPS) is 20.7. The predicted molar refractivity (Wildman–Crippen MR) is 77.6 cm³/mol. The van der Waals surface area contributed by atoms with Crippen molar-refractivity contribution in [3.8, 4) is 0 Å². The maximum atomic E-state index is 6.19. The number of nitrogens with zero attached hydrogens (tertiary/aromatic N) is 1. The van der Waals surface area contributed by atoms with Crippen molar-refractivity contribution in [3.05, 3.63) is 23.5 Å². The molecule has 1 aliphatic carbocycles. The summed E-state index contributed by atoms with van der Waals surface area (Å²) in [6, 6.07) is 0.283. The number of nitrogens with two attached hydrogens (primary N) is 1. The van der Waals surface area contributed by atoms with E-state index < -0.39 is 0 Å². The van der Waals surface area contributed by atoms with Gasteiger partial charge in [-0.3, -0.25) is 0 Å². The van der Waals surface area contributed by atoms with Crippen molar-refractivity contribution in [3.63, 3.8) is 0 Å². The first-order valence-corrected chi connectivity index (χ1v) is 7.68. The first kappa shape index (κ1) is 13.7. The van der Waals surface area contributed by atoms with E-state index in [0.29, 0.717) is 0 Å². The van der Waals surface area contributed by atoms with Crippen molar-refractivity contribution in [2.24, 2.45) is 11.7 Å². The predicted octanol–water partition coefficient (Wildman–Crippen LogP) is 4.04. The van der Waals surface area contributed by atoms with Crippen molar-refractivity contribution in [2.75, 3.05) is 0 Å². The molecule has 1 aromatic rings. The molecule has 0 radical (unpaired) electrons. The van der Waals surface area contributed by atoms with Gasteiger partial charge in [-0.2, -0.15) is 0 Å². The SMILES string of the molecule is CCCCC(CC)Cn1cc2c(c1)C(N)CCC2. The molecule has 0 bridgehead atoms. The van der Waals surface area contributed by atoms with E-state index in [1.807, 2.05) is 0 Å². The molecule has 0 amide bonds. The molecule has 0 spiro atoms. The number of hydrogen-bond acceptors (Lipinski definition) is 1. The lowest BCUT2D eigenvalue weighted by Gasteiger charge is -2.17. The average molecular weight is 248 g/mol. The molecule has 1 heterocycles. The number of fused-ring (bicyclic) bond motifs is 1. The van der Waals surface area contributed by atoms with E-state index in [-0.39, 0.29) is 6.04 Å². The van der Waals surface area contributed by atoms with Gasteiger partial charge in [0.15, 0.2) is 0 Å². The lowest BCUT2D eigenvalue weighted by Crippen LogP contribution is -2.15. The van der Waals surface area contributed by atoms with Crippen molar-refractivity contribution < 1.29 is 0 Å². The van der Waals surface area contributed by atoms with Gasteiger partial charge in [0.05, 0.1) is 0 Å². The Kier molecular flexibility index (Phi) is 4.87.